The molecule has 0 saturated heterocycles. The predicted molar refractivity (Wildman–Crippen MR) is 88.7 cm³/mol. The van der Waals surface area contributed by atoms with Gasteiger partial charge < -0.3 is 15.2 Å². The molecule has 2 N–H and O–H groups in total. The van der Waals surface area contributed by atoms with Gasteiger partial charge in [0.25, 0.3) is 0 Å². The van der Waals surface area contributed by atoms with Gasteiger partial charge in [0.05, 0.1) is 6.61 Å². The first-order valence-corrected chi connectivity index (χ1v) is 8.55. The Kier molecular flexibility index (Phi) is 5.07. The molecule has 0 aliphatic heterocycles. The number of rotatable bonds is 6. The number of carboxylic acid groups (broad SMARTS) is 1. The standard InChI is InChI=1S/C16H19N3O3S/c20-16(21)13-14(22-10-11-6-2-1-3-7-11)19-23-15(13)18-12-8-4-5-9-17-12/h4-5,8-9,11H,1-3,6-7,10H2,(H,17,18)(H,20,21). The lowest BCUT2D eigenvalue weighted by atomic mass is 9.90. The van der Waals surface area contributed by atoms with E-state index in [-0.39, 0.29) is 11.4 Å². The van der Waals surface area contributed by atoms with Gasteiger partial charge >= 0.3 is 5.97 Å². The van der Waals surface area contributed by atoms with Crippen LogP contribution >= 0.6 is 11.5 Å². The second-order valence-electron chi connectivity index (χ2n) is 5.65. The van der Waals surface area contributed by atoms with Crippen LogP contribution in [0.25, 0.3) is 0 Å². The van der Waals surface area contributed by atoms with E-state index in [1.54, 1.807) is 18.3 Å². The van der Waals surface area contributed by atoms with Crippen LogP contribution in [-0.4, -0.2) is 27.0 Å². The maximum atomic E-state index is 11.6. The smallest absolute Gasteiger partial charge is 0.344 e. The maximum absolute atomic E-state index is 11.6. The van der Waals surface area contributed by atoms with Crippen LogP contribution in [0.1, 0.15) is 42.5 Å². The van der Waals surface area contributed by atoms with Gasteiger partial charge in [0.2, 0.25) is 5.88 Å². The van der Waals surface area contributed by atoms with E-state index in [2.05, 4.69) is 14.7 Å². The van der Waals surface area contributed by atoms with Gasteiger partial charge in [-0.05, 0) is 42.4 Å². The summed E-state index contributed by atoms with van der Waals surface area (Å²) in [6, 6.07) is 5.40. The molecule has 3 rings (SSSR count). The van der Waals surface area contributed by atoms with Gasteiger partial charge in [0.15, 0.2) is 5.56 Å². The first-order chi connectivity index (χ1) is 11.2. The minimum absolute atomic E-state index is 0.0801. The lowest BCUT2D eigenvalue weighted by Crippen LogP contribution is -2.16. The Morgan fingerprint density at radius 1 is 1.35 bits per heavy atom. The van der Waals surface area contributed by atoms with E-state index in [0.29, 0.717) is 23.3 Å². The van der Waals surface area contributed by atoms with Crippen molar-refractivity contribution in [3.05, 3.63) is 30.0 Å². The third kappa shape index (κ3) is 3.98. The van der Waals surface area contributed by atoms with Gasteiger partial charge in [-0.15, -0.1) is 0 Å². The zero-order valence-electron chi connectivity index (χ0n) is 12.7. The van der Waals surface area contributed by atoms with E-state index >= 15 is 0 Å². The van der Waals surface area contributed by atoms with Crippen molar-refractivity contribution in [2.75, 3.05) is 11.9 Å². The highest BCUT2D eigenvalue weighted by Gasteiger charge is 2.23. The summed E-state index contributed by atoms with van der Waals surface area (Å²) in [6.45, 7) is 0.535. The van der Waals surface area contributed by atoms with Crippen molar-refractivity contribution in [3.8, 4) is 5.88 Å². The van der Waals surface area contributed by atoms with Crippen LogP contribution in [0, 0.1) is 5.92 Å². The summed E-state index contributed by atoms with van der Waals surface area (Å²) in [7, 11) is 0. The number of aromatic carboxylic acids is 1. The number of hydrogen-bond donors (Lipinski definition) is 2. The highest BCUT2D eigenvalue weighted by molar-refractivity contribution is 7.11. The number of pyridine rings is 1. The monoisotopic (exact) mass is 333 g/mol. The second kappa shape index (κ2) is 7.41. The zero-order chi connectivity index (χ0) is 16.1. The minimum Gasteiger partial charge on any atom is -0.477 e. The quantitative estimate of drug-likeness (QED) is 0.833. The van der Waals surface area contributed by atoms with Crippen LogP contribution < -0.4 is 10.1 Å². The first-order valence-electron chi connectivity index (χ1n) is 7.78. The fraction of sp³-hybridized carbons (Fsp3) is 0.438. The highest BCUT2D eigenvalue weighted by Crippen LogP contribution is 2.33. The Labute approximate surface area is 138 Å². The lowest BCUT2D eigenvalue weighted by molar-refractivity contribution is 0.0691. The summed E-state index contributed by atoms with van der Waals surface area (Å²) in [4.78, 5) is 15.7. The van der Waals surface area contributed by atoms with Crippen LogP contribution in [0.2, 0.25) is 0 Å². The Bertz CT molecular complexity index is 654. The number of ether oxygens (including phenoxy) is 1. The Morgan fingerprint density at radius 3 is 2.87 bits per heavy atom. The summed E-state index contributed by atoms with van der Waals surface area (Å²) in [5.41, 5.74) is 0.0801. The summed E-state index contributed by atoms with van der Waals surface area (Å²) >= 11 is 1.08. The summed E-state index contributed by atoms with van der Waals surface area (Å²) in [5.74, 6) is 0.235. The largest absolute Gasteiger partial charge is 0.477 e. The molecule has 1 aliphatic carbocycles. The molecule has 0 spiro atoms. The SMILES string of the molecule is O=C(O)c1c(OCC2CCCCC2)nsc1Nc1ccccn1. The van der Waals surface area contributed by atoms with Gasteiger partial charge in [-0.3, -0.25) is 0 Å². The van der Waals surface area contributed by atoms with E-state index in [1.165, 1.54) is 19.3 Å². The normalized spacial score (nSPS) is 15.3. The minimum atomic E-state index is -1.05. The molecule has 6 nitrogen and oxygen atoms in total. The van der Waals surface area contributed by atoms with Crippen LogP contribution in [0.4, 0.5) is 10.8 Å². The van der Waals surface area contributed by atoms with Crippen molar-refractivity contribution in [2.45, 2.75) is 32.1 Å². The number of nitrogens with zero attached hydrogens (tertiary/aromatic N) is 2. The molecule has 0 aromatic carbocycles. The molecule has 2 aromatic heterocycles. The number of hydrogen-bond acceptors (Lipinski definition) is 6. The highest BCUT2D eigenvalue weighted by atomic mass is 32.1. The van der Waals surface area contributed by atoms with E-state index in [4.69, 9.17) is 4.74 Å². The molecule has 122 valence electrons. The molecule has 7 heteroatoms. The molecule has 1 fully saturated rings. The van der Waals surface area contributed by atoms with Crippen molar-refractivity contribution < 1.29 is 14.6 Å². The van der Waals surface area contributed by atoms with Gasteiger partial charge in [-0.1, -0.05) is 25.3 Å². The fourth-order valence-corrected chi connectivity index (χ4v) is 3.49. The average Bonchev–Trinajstić information content (AvgIpc) is 2.98. The van der Waals surface area contributed by atoms with Crippen molar-refractivity contribution in [3.63, 3.8) is 0 Å². The molecule has 23 heavy (non-hydrogen) atoms. The molecule has 2 aromatic rings. The number of aromatic nitrogens is 2. The predicted octanol–water partition coefficient (Wildman–Crippen LogP) is 3.94. The molecule has 0 unspecified atom stereocenters. The molecular weight excluding hydrogens is 314 g/mol. The zero-order valence-corrected chi connectivity index (χ0v) is 13.5. The van der Waals surface area contributed by atoms with Gasteiger partial charge in [0.1, 0.15) is 10.8 Å². The van der Waals surface area contributed by atoms with Gasteiger partial charge in [-0.2, -0.15) is 4.37 Å². The van der Waals surface area contributed by atoms with Crippen molar-refractivity contribution in [2.24, 2.45) is 5.92 Å². The number of carboxylic acids is 1. The number of nitrogens with one attached hydrogen (secondary N) is 1. The molecule has 1 aliphatic rings. The summed E-state index contributed by atoms with van der Waals surface area (Å²) in [5, 5.41) is 12.9. The van der Waals surface area contributed by atoms with E-state index in [9.17, 15) is 9.90 Å². The third-order valence-electron chi connectivity index (χ3n) is 3.96. The molecule has 0 bridgehead atoms. The summed E-state index contributed by atoms with van der Waals surface area (Å²) in [6.07, 6.45) is 7.67. The third-order valence-corrected chi connectivity index (χ3v) is 4.71. The Hall–Kier alpha value is -2.15. The van der Waals surface area contributed by atoms with Gasteiger partial charge in [0, 0.05) is 6.20 Å². The van der Waals surface area contributed by atoms with Crippen molar-refractivity contribution >= 4 is 28.3 Å². The van der Waals surface area contributed by atoms with Crippen LogP contribution in [-0.2, 0) is 0 Å². The molecule has 0 atom stereocenters. The van der Waals surface area contributed by atoms with E-state index in [1.807, 2.05) is 6.07 Å². The van der Waals surface area contributed by atoms with E-state index in [0.717, 1.165) is 24.4 Å². The van der Waals surface area contributed by atoms with Gasteiger partial charge in [-0.25, -0.2) is 9.78 Å². The molecule has 2 heterocycles. The van der Waals surface area contributed by atoms with Crippen LogP contribution in [0.5, 0.6) is 5.88 Å². The fourth-order valence-electron chi connectivity index (χ4n) is 2.75. The molecule has 1 saturated carbocycles. The number of carbonyl (C=O) groups is 1. The Balaban J connectivity index is 1.71. The lowest BCUT2D eigenvalue weighted by Gasteiger charge is -2.21. The van der Waals surface area contributed by atoms with E-state index < -0.39 is 5.97 Å². The van der Waals surface area contributed by atoms with Crippen LogP contribution in [0.15, 0.2) is 24.4 Å². The number of anilines is 2. The molecule has 0 radical (unpaired) electrons. The first kappa shape index (κ1) is 15.7. The van der Waals surface area contributed by atoms with Crippen molar-refractivity contribution in [1.82, 2.24) is 9.36 Å². The molecular formula is C16H19N3O3S. The van der Waals surface area contributed by atoms with Crippen molar-refractivity contribution in [1.29, 1.82) is 0 Å². The molecule has 0 amide bonds. The summed E-state index contributed by atoms with van der Waals surface area (Å²) < 4.78 is 9.88. The maximum Gasteiger partial charge on any atom is 0.344 e. The average molecular weight is 333 g/mol. The Morgan fingerprint density at radius 2 is 2.17 bits per heavy atom. The second-order valence-corrected chi connectivity index (χ2v) is 6.43. The topological polar surface area (TPSA) is 84.3 Å². The van der Waals surface area contributed by atoms with Crippen LogP contribution in [0.3, 0.4) is 0 Å².